The maximum absolute atomic E-state index is 12.4. The van der Waals surface area contributed by atoms with E-state index in [4.69, 9.17) is 9.47 Å². The van der Waals surface area contributed by atoms with Gasteiger partial charge < -0.3 is 19.7 Å². The highest BCUT2D eigenvalue weighted by Crippen LogP contribution is 2.28. The van der Waals surface area contributed by atoms with Crippen molar-refractivity contribution in [3.63, 3.8) is 0 Å². The molecule has 0 aromatic heterocycles. The standard InChI is InChI=1S/C22H29N3O3/c1-5-13-25(14-6-2)22(26)19(16-23)17-24-12-11-18-9-10-20(27-7-3)21(15-18)28-8-4/h5-6,9-10,15,17,24H,1-2,7-8,11-14H2,3-4H3/b19-17-. The van der Waals surface area contributed by atoms with Gasteiger partial charge in [-0.3, -0.25) is 4.79 Å². The second-order valence-corrected chi connectivity index (χ2v) is 5.81. The average molecular weight is 383 g/mol. The molecule has 0 aliphatic heterocycles. The molecule has 0 atom stereocenters. The highest BCUT2D eigenvalue weighted by Gasteiger charge is 2.15. The molecule has 6 nitrogen and oxygen atoms in total. The first-order valence-corrected chi connectivity index (χ1v) is 9.34. The largest absolute Gasteiger partial charge is 0.490 e. The molecular weight excluding hydrogens is 354 g/mol. The van der Waals surface area contributed by atoms with Gasteiger partial charge in [-0.1, -0.05) is 18.2 Å². The average Bonchev–Trinajstić information content (AvgIpc) is 2.69. The Morgan fingerprint density at radius 2 is 1.82 bits per heavy atom. The number of benzene rings is 1. The van der Waals surface area contributed by atoms with Crippen LogP contribution in [0.3, 0.4) is 0 Å². The first-order valence-electron chi connectivity index (χ1n) is 9.34. The Morgan fingerprint density at radius 1 is 1.18 bits per heavy atom. The zero-order chi connectivity index (χ0) is 20.8. The van der Waals surface area contributed by atoms with E-state index in [1.807, 2.05) is 38.1 Å². The Bertz CT molecular complexity index is 725. The lowest BCUT2D eigenvalue weighted by molar-refractivity contribution is -0.125. The van der Waals surface area contributed by atoms with Gasteiger partial charge in [-0.15, -0.1) is 13.2 Å². The monoisotopic (exact) mass is 383 g/mol. The second-order valence-electron chi connectivity index (χ2n) is 5.81. The van der Waals surface area contributed by atoms with Crippen molar-refractivity contribution in [3.05, 3.63) is 60.8 Å². The number of hydrogen-bond donors (Lipinski definition) is 1. The minimum absolute atomic E-state index is 0.0467. The number of nitriles is 1. The predicted octanol–water partition coefficient (Wildman–Crippen LogP) is 3.22. The first kappa shape index (κ1) is 22.8. The Kier molecular flexibility index (Phi) is 10.6. The van der Waals surface area contributed by atoms with Crippen LogP contribution in [0.5, 0.6) is 11.5 Å². The molecule has 1 aromatic rings. The highest BCUT2D eigenvalue weighted by atomic mass is 16.5. The van der Waals surface area contributed by atoms with Crippen molar-refractivity contribution in [1.29, 1.82) is 5.26 Å². The van der Waals surface area contributed by atoms with Gasteiger partial charge in [0, 0.05) is 25.8 Å². The summed E-state index contributed by atoms with van der Waals surface area (Å²) in [5.74, 6) is 1.09. The van der Waals surface area contributed by atoms with E-state index in [0.29, 0.717) is 39.3 Å². The van der Waals surface area contributed by atoms with Gasteiger partial charge in [0.2, 0.25) is 0 Å². The summed E-state index contributed by atoms with van der Waals surface area (Å²) in [6, 6.07) is 7.77. The fourth-order valence-corrected chi connectivity index (χ4v) is 2.51. The number of amides is 1. The van der Waals surface area contributed by atoms with Gasteiger partial charge in [-0.05, 0) is 38.0 Å². The van der Waals surface area contributed by atoms with Gasteiger partial charge in [0.05, 0.1) is 13.2 Å². The molecule has 1 aromatic carbocycles. The minimum atomic E-state index is -0.352. The molecule has 0 aliphatic carbocycles. The molecule has 1 N–H and O–H groups in total. The van der Waals surface area contributed by atoms with E-state index in [1.165, 1.54) is 11.1 Å². The fraction of sp³-hybridized carbons (Fsp3) is 0.364. The zero-order valence-corrected chi connectivity index (χ0v) is 16.7. The van der Waals surface area contributed by atoms with E-state index < -0.39 is 0 Å². The number of rotatable bonds is 13. The van der Waals surface area contributed by atoms with E-state index in [-0.39, 0.29) is 11.5 Å². The van der Waals surface area contributed by atoms with Crippen LogP contribution in [0.25, 0.3) is 0 Å². The summed E-state index contributed by atoms with van der Waals surface area (Å²) in [6.45, 7) is 13.5. The number of nitrogens with one attached hydrogen (secondary N) is 1. The lowest BCUT2D eigenvalue weighted by Crippen LogP contribution is -2.32. The van der Waals surface area contributed by atoms with Crippen LogP contribution in [0.2, 0.25) is 0 Å². The molecule has 0 radical (unpaired) electrons. The zero-order valence-electron chi connectivity index (χ0n) is 16.7. The lowest BCUT2D eigenvalue weighted by atomic mass is 10.1. The van der Waals surface area contributed by atoms with E-state index in [1.54, 1.807) is 12.2 Å². The molecule has 0 spiro atoms. The highest BCUT2D eigenvalue weighted by molar-refractivity contribution is 5.97. The quantitative estimate of drug-likeness (QED) is 0.245. The summed E-state index contributed by atoms with van der Waals surface area (Å²) in [7, 11) is 0. The number of carbonyl (C=O) groups excluding carboxylic acids is 1. The summed E-state index contributed by atoms with van der Waals surface area (Å²) in [5.41, 5.74) is 1.11. The molecule has 0 heterocycles. The predicted molar refractivity (Wildman–Crippen MR) is 111 cm³/mol. The van der Waals surface area contributed by atoms with Crippen LogP contribution in [-0.2, 0) is 11.2 Å². The third-order valence-corrected chi connectivity index (χ3v) is 3.75. The topological polar surface area (TPSA) is 74.6 Å². The summed E-state index contributed by atoms with van der Waals surface area (Å²) in [4.78, 5) is 13.9. The smallest absolute Gasteiger partial charge is 0.266 e. The van der Waals surface area contributed by atoms with Crippen molar-refractivity contribution in [3.8, 4) is 17.6 Å². The van der Waals surface area contributed by atoms with Crippen LogP contribution in [0.15, 0.2) is 55.3 Å². The molecule has 0 aliphatic rings. The Hall–Kier alpha value is -3.20. The molecule has 0 fully saturated rings. The van der Waals surface area contributed by atoms with Gasteiger partial charge >= 0.3 is 0 Å². The Labute approximate surface area is 167 Å². The van der Waals surface area contributed by atoms with E-state index in [0.717, 1.165) is 17.1 Å². The maximum Gasteiger partial charge on any atom is 0.266 e. The van der Waals surface area contributed by atoms with Gasteiger partial charge in [-0.2, -0.15) is 5.26 Å². The van der Waals surface area contributed by atoms with Crippen LogP contribution in [-0.4, -0.2) is 43.7 Å². The van der Waals surface area contributed by atoms with E-state index in [9.17, 15) is 10.1 Å². The molecular formula is C22H29N3O3. The van der Waals surface area contributed by atoms with Crippen molar-refractivity contribution in [2.75, 3.05) is 32.8 Å². The summed E-state index contributed by atoms with van der Waals surface area (Å²) < 4.78 is 11.2. The number of nitrogens with zero attached hydrogens (tertiary/aromatic N) is 2. The molecule has 0 unspecified atom stereocenters. The van der Waals surface area contributed by atoms with Crippen molar-refractivity contribution < 1.29 is 14.3 Å². The minimum Gasteiger partial charge on any atom is -0.490 e. The molecule has 28 heavy (non-hydrogen) atoms. The molecule has 1 rings (SSSR count). The molecule has 1 amide bonds. The van der Waals surface area contributed by atoms with Crippen molar-refractivity contribution in [1.82, 2.24) is 10.2 Å². The van der Waals surface area contributed by atoms with E-state index >= 15 is 0 Å². The van der Waals surface area contributed by atoms with Gasteiger partial charge in [-0.25, -0.2) is 0 Å². The van der Waals surface area contributed by atoms with Crippen molar-refractivity contribution in [2.24, 2.45) is 0 Å². The number of carbonyl (C=O) groups is 1. The van der Waals surface area contributed by atoms with Crippen LogP contribution >= 0.6 is 0 Å². The Balaban J connectivity index is 2.71. The first-order chi connectivity index (χ1) is 13.6. The Morgan fingerprint density at radius 3 is 2.39 bits per heavy atom. The molecule has 0 saturated carbocycles. The molecule has 0 bridgehead atoms. The van der Waals surface area contributed by atoms with Crippen LogP contribution in [0, 0.1) is 11.3 Å². The van der Waals surface area contributed by atoms with E-state index in [2.05, 4.69) is 18.5 Å². The number of ether oxygens (including phenoxy) is 2. The fourth-order valence-electron chi connectivity index (χ4n) is 2.51. The van der Waals surface area contributed by atoms with Gasteiger partial charge in [0.25, 0.3) is 5.91 Å². The summed E-state index contributed by atoms with van der Waals surface area (Å²) in [6.07, 6.45) is 5.40. The van der Waals surface area contributed by atoms with Crippen molar-refractivity contribution >= 4 is 5.91 Å². The van der Waals surface area contributed by atoms with Crippen LogP contribution < -0.4 is 14.8 Å². The molecule has 0 saturated heterocycles. The summed E-state index contributed by atoms with van der Waals surface area (Å²) >= 11 is 0. The third kappa shape index (κ3) is 7.20. The second kappa shape index (κ2) is 13.0. The maximum atomic E-state index is 12.4. The summed E-state index contributed by atoms with van der Waals surface area (Å²) in [5, 5.41) is 12.3. The molecule has 150 valence electrons. The SMILES string of the molecule is C=CCN(CC=C)C(=O)/C(C#N)=C\NCCc1ccc(OCC)c(OCC)c1. The lowest BCUT2D eigenvalue weighted by Gasteiger charge is -2.18. The van der Waals surface area contributed by atoms with Crippen molar-refractivity contribution in [2.45, 2.75) is 20.3 Å². The molecule has 6 heteroatoms. The number of hydrogen-bond acceptors (Lipinski definition) is 5. The third-order valence-electron chi connectivity index (χ3n) is 3.75. The normalized spacial score (nSPS) is 10.5. The van der Waals surface area contributed by atoms with Gasteiger partial charge in [0.15, 0.2) is 11.5 Å². The van der Waals surface area contributed by atoms with Crippen LogP contribution in [0.1, 0.15) is 19.4 Å². The van der Waals surface area contributed by atoms with Gasteiger partial charge in [0.1, 0.15) is 11.6 Å². The van der Waals surface area contributed by atoms with Crippen LogP contribution in [0.4, 0.5) is 0 Å².